The minimum Gasteiger partial charge on any atom is -0.482 e. The molecule has 0 radical (unpaired) electrons. The van der Waals surface area contributed by atoms with Gasteiger partial charge in [0, 0.05) is 10.9 Å². The molecule has 2 aromatic rings. The highest BCUT2D eigenvalue weighted by atomic mass is 32.1. The number of nitrogens with zero attached hydrogens (tertiary/aromatic N) is 2. The third-order valence-corrected chi connectivity index (χ3v) is 4.46. The Morgan fingerprint density at radius 2 is 2.26 bits per heavy atom. The van der Waals surface area contributed by atoms with Crippen LogP contribution in [0.2, 0.25) is 0 Å². The second-order valence-electron chi connectivity index (χ2n) is 5.19. The summed E-state index contributed by atoms with van der Waals surface area (Å²) in [6.07, 6.45) is 0. The Hall–Kier alpha value is -2.41. The van der Waals surface area contributed by atoms with E-state index >= 15 is 0 Å². The number of rotatable bonds is 3. The lowest BCUT2D eigenvalue weighted by Gasteiger charge is -2.32. The van der Waals surface area contributed by atoms with Gasteiger partial charge in [-0.15, -0.1) is 11.3 Å². The van der Waals surface area contributed by atoms with E-state index in [1.54, 1.807) is 24.3 Å². The summed E-state index contributed by atoms with van der Waals surface area (Å²) in [6.45, 7) is 3.48. The number of aryl methyl sites for hydroxylation is 1. The van der Waals surface area contributed by atoms with E-state index in [9.17, 15) is 9.59 Å². The van der Waals surface area contributed by atoms with Crippen molar-refractivity contribution in [2.45, 2.75) is 19.9 Å². The van der Waals surface area contributed by atoms with Gasteiger partial charge in [-0.2, -0.15) is 0 Å². The van der Waals surface area contributed by atoms with Gasteiger partial charge in [0.25, 0.3) is 5.91 Å². The van der Waals surface area contributed by atoms with E-state index in [-0.39, 0.29) is 12.5 Å². The predicted octanol–water partition coefficient (Wildman–Crippen LogP) is 2.41. The molecule has 0 bridgehead atoms. The first-order chi connectivity index (χ1) is 11.0. The zero-order chi connectivity index (χ0) is 16.6. The summed E-state index contributed by atoms with van der Waals surface area (Å²) in [5.41, 5.74) is 2.26. The van der Waals surface area contributed by atoms with Gasteiger partial charge in [0.2, 0.25) is 0 Å². The van der Waals surface area contributed by atoms with Crippen LogP contribution in [0.3, 0.4) is 0 Å². The van der Waals surface area contributed by atoms with Crippen LogP contribution in [-0.2, 0) is 14.3 Å². The number of thiazole rings is 1. The van der Waals surface area contributed by atoms with Crippen molar-refractivity contribution < 1.29 is 19.1 Å². The van der Waals surface area contributed by atoms with Crippen LogP contribution in [0.25, 0.3) is 11.3 Å². The number of amides is 1. The molecule has 6 nitrogen and oxygen atoms in total. The fraction of sp³-hybridized carbons (Fsp3) is 0.312. The number of carbonyl (C=O) groups excluding carboxylic acids is 2. The van der Waals surface area contributed by atoms with Gasteiger partial charge in [0.05, 0.1) is 23.5 Å². The maximum atomic E-state index is 12.3. The number of anilines is 1. The number of ether oxygens (including phenoxy) is 2. The van der Waals surface area contributed by atoms with Gasteiger partial charge in [-0.1, -0.05) is 0 Å². The molecule has 1 aromatic heterocycles. The number of hydrogen-bond donors (Lipinski definition) is 0. The molecule has 0 N–H and O–H groups in total. The summed E-state index contributed by atoms with van der Waals surface area (Å²) >= 11 is 1.56. The molecular formula is C16H16N2O4S. The van der Waals surface area contributed by atoms with Crippen LogP contribution in [-0.4, -0.2) is 36.6 Å². The van der Waals surface area contributed by atoms with E-state index < -0.39 is 12.0 Å². The lowest BCUT2D eigenvalue weighted by Crippen LogP contribution is -2.48. The van der Waals surface area contributed by atoms with Crippen molar-refractivity contribution in [3.63, 3.8) is 0 Å². The molecule has 1 unspecified atom stereocenters. The number of hydrogen-bond acceptors (Lipinski definition) is 6. The van der Waals surface area contributed by atoms with Crippen molar-refractivity contribution in [1.82, 2.24) is 4.98 Å². The van der Waals surface area contributed by atoms with E-state index in [1.165, 1.54) is 12.0 Å². The highest BCUT2D eigenvalue weighted by molar-refractivity contribution is 7.09. The molecule has 2 heterocycles. The van der Waals surface area contributed by atoms with Crippen molar-refractivity contribution >= 4 is 28.9 Å². The molecule has 0 saturated carbocycles. The second kappa shape index (κ2) is 6.00. The van der Waals surface area contributed by atoms with Gasteiger partial charge in [-0.05, 0) is 32.0 Å². The maximum absolute atomic E-state index is 12.3. The van der Waals surface area contributed by atoms with Crippen LogP contribution in [0.5, 0.6) is 5.75 Å². The molecule has 1 aromatic carbocycles. The average molecular weight is 332 g/mol. The number of benzene rings is 1. The van der Waals surface area contributed by atoms with E-state index in [4.69, 9.17) is 9.47 Å². The molecule has 1 aliphatic heterocycles. The van der Waals surface area contributed by atoms with Crippen molar-refractivity contribution in [1.29, 1.82) is 0 Å². The third-order valence-electron chi connectivity index (χ3n) is 3.68. The van der Waals surface area contributed by atoms with E-state index in [0.29, 0.717) is 11.4 Å². The summed E-state index contributed by atoms with van der Waals surface area (Å²) in [4.78, 5) is 30.0. The van der Waals surface area contributed by atoms with Crippen LogP contribution in [0.15, 0.2) is 23.6 Å². The van der Waals surface area contributed by atoms with E-state index in [2.05, 4.69) is 4.98 Å². The Morgan fingerprint density at radius 1 is 1.48 bits per heavy atom. The minimum atomic E-state index is -0.720. The van der Waals surface area contributed by atoms with Gasteiger partial charge in [-0.25, -0.2) is 9.78 Å². The smallest absolute Gasteiger partial charge is 0.328 e. The normalized spacial score (nSPS) is 14.9. The first kappa shape index (κ1) is 15.5. The minimum absolute atomic E-state index is 0.0938. The summed E-state index contributed by atoms with van der Waals surface area (Å²) in [5, 5.41) is 2.92. The van der Waals surface area contributed by atoms with Crippen molar-refractivity contribution in [2.75, 3.05) is 18.6 Å². The monoisotopic (exact) mass is 332 g/mol. The summed E-state index contributed by atoms with van der Waals surface area (Å²) in [6, 6.07) is 4.79. The van der Waals surface area contributed by atoms with Gasteiger partial charge in [0.1, 0.15) is 11.8 Å². The Balaban J connectivity index is 2.05. The number of methoxy groups -OCH3 is 1. The third kappa shape index (κ3) is 2.79. The quantitative estimate of drug-likeness (QED) is 0.807. The lowest BCUT2D eigenvalue weighted by atomic mass is 10.1. The Bertz CT molecular complexity index is 771. The molecule has 7 heteroatoms. The first-order valence-electron chi connectivity index (χ1n) is 7.10. The number of aromatic nitrogens is 1. The maximum Gasteiger partial charge on any atom is 0.328 e. The number of carbonyl (C=O) groups is 2. The van der Waals surface area contributed by atoms with Crippen molar-refractivity contribution in [3.8, 4) is 17.0 Å². The fourth-order valence-corrected chi connectivity index (χ4v) is 3.15. The van der Waals surface area contributed by atoms with Gasteiger partial charge < -0.3 is 9.47 Å². The topological polar surface area (TPSA) is 68.7 Å². The number of fused-ring (bicyclic) bond motifs is 1. The largest absolute Gasteiger partial charge is 0.482 e. The van der Waals surface area contributed by atoms with Crippen LogP contribution < -0.4 is 9.64 Å². The first-order valence-corrected chi connectivity index (χ1v) is 7.98. The Kier molecular flexibility index (Phi) is 4.04. The van der Waals surface area contributed by atoms with E-state index in [1.807, 2.05) is 24.4 Å². The highest BCUT2D eigenvalue weighted by Crippen LogP contribution is 2.37. The Morgan fingerprint density at radius 3 is 2.91 bits per heavy atom. The van der Waals surface area contributed by atoms with Gasteiger partial charge in [0.15, 0.2) is 6.61 Å². The van der Waals surface area contributed by atoms with Crippen LogP contribution in [0, 0.1) is 6.92 Å². The summed E-state index contributed by atoms with van der Waals surface area (Å²) < 4.78 is 10.2. The molecule has 0 aliphatic carbocycles. The zero-order valence-electron chi connectivity index (χ0n) is 13.0. The van der Waals surface area contributed by atoms with Crippen LogP contribution in [0.1, 0.15) is 11.9 Å². The average Bonchev–Trinajstić information content (AvgIpc) is 2.99. The summed E-state index contributed by atoms with van der Waals surface area (Å²) in [5.74, 6) is -0.181. The molecule has 23 heavy (non-hydrogen) atoms. The molecule has 1 atom stereocenters. The molecule has 0 fully saturated rings. The number of esters is 1. The van der Waals surface area contributed by atoms with Crippen molar-refractivity contribution in [2.24, 2.45) is 0 Å². The van der Waals surface area contributed by atoms with Crippen LogP contribution >= 0.6 is 11.3 Å². The summed E-state index contributed by atoms with van der Waals surface area (Å²) in [7, 11) is 1.30. The Labute approximate surface area is 137 Å². The standard InChI is InChI=1S/C16H16N2O4S/c1-9(16(20)21-3)18-13-6-11(12-8-23-10(2)17-12)4-5-14(13)22-7-15(18)19/h4-6,8-9H,7H2,1-3H3. The van der Waals surface area contributed by atoms with Crippen LogP contribution in [0.4, 0.5) is 5.69 Å². The molecule has 3 rings (SSSR count). The molecule has 1 amide bonds. The van der Waals surface area contributed by atoms with Gasteiger partial charge >= 0.3 is 5.97 Å². The lowest BCUT2D eigenvalue weighted by molar-refractivity contribution is -0.143. The van der Waals surface area contributed by atoms with Gasteiger partial charge in [-0.3, -0.25) is 9.69 Å². The highest BCUT2D eigenvalue weighted by Gasteiger charge is 2.33. The molecule has 120 valence electrons. The molecular weight excluding hydrogens is 316 g/mol. The SMILES string of the molecule is COC(=O)C(C)N1C(=O)COc2ccc(-c3csc(C)n3)cc21. The van der Waals surface area contributed by atoms with Crippen molar-refractivity contribution in [3.05, 3.63) is 28.6 Å². The molecule has 0 spiro atoms. The molecule has 0 saturated heterocycles. The van der Waals surface area contributed by atoms with E-state index in [0.717, 1.165) is 16.3 Å². The fourth-order valence-electron chi connectivity index (χ4n) is 2.53. The molecule has 1 aliphatic rings. The predicted molar refractivity (Wildman–Crippen MR) is 86.7 cm³/mol. The second-order valence-corrected chi connectivity index (χ2v) is 6.25. The zero-order valence-corrected chi connectivity index (χ0v) is 13.8.